The molecule has 2 amide bonds. The van der Waals surface area contributed by atoms with Gasteiger partial charge in [-0.15, -0.1) is 11.3 Å². The first-order valence-electron chi connectivity index (χ1n) is 12.1. The van der Waals surface area contributed by atoms with Crippen LogP contribution in [-0.4, -0.2) is 76.4 Å². The van der Waals surface area contributed by atoms with Gasteiger partial charge in [-0.1, -0.05) is 0 Å². The van der Waals surface area contributed by atoms with Crippen LogP contribution in [0.15, 0.2) is 24.3 Å². The molecule has 0 unspecified atom stereocenters. The molecule has 10 heteroatoms. The number of piperidine rings is 1. The second-order valence-corrected chi connectivity index (χ2v) is 10.9. The first-order chi connectivity index (χ1) is 16.8. The summed E-state index contributed by atoms with van der Waals surface area (Å²) in [5.74, 6) is -0.808. The van der Waals surface area contributed by atoms with Crippen LogP contribution < -0.4 is 10.6 Å². The topological polar surface area (TPSA) is 93.4 Å². The van der Waals surface area contributed by atoms with Gasteiger partial charge in [0.05, 0.1) is 17.8 Å². The molecule has 35 heavy (non-hydrogen) atoms. The van der Waals surface area contributed by atoms with Crippen LogP contribution in [0.5, 0.6) is 0 Å². The number of likely N-dealkylation sites (N-methyl/N-ethyl adjacent to an activating group) is 1. The standard InChI is InChI=1S/C25H31FN6O2S/c1-14(2)32-9-7-19-22(13-32)35-25(30-19)24(34)29-21-12-31(3)8-6-18(21)28-23(33)20-11-15-10-16(26)4-5-17(15)27-20/h4-5,10-11,14,18,21,27H,6-9,12-13H2,1-3H3,(H,28,33)(H,29,34)/t18-,21+/m0/s1. The van der Waals surface area contributed by atoms with Gasteiger partial charge in [0.15, 0.2) is 5.01 Å². The second-order valence-electron chi connectivity index (χ2n) is 9.83. The first-order valence-corrected chi connectivity index (χ1v) is 12.9. The van der Waals surface area contributed by atoms with Crippen LogP contribution >= 0.6 is 11.3 Å². The molecule has 2 aromatic heterocycles. The quantitative estimate of drug-likeness (QED) is 0.503. The molecular weight excluding hydrogens is 467 g/mol. The summed E-state index contributed by atoms with van der Waals surface area (Å²) in [6.45, 7) is 7.59. The number of amides is 2. The van der Waals surface area contributed by atoms with Crippen molar-refractivity contribution in [3.05, 3.63) is 51.4 Å². The predicted molar refractivity (Wildman–Crippen MR) is 134 cm³/mol. The molecule has 5 rings (SSSR count). The second kappa shape index (κ2) is 9.67. The van der Waals surface area contributed by atoms with E-state index >= 15 is 0 Å². The summed E-state index contributed by atoms with van der Waals surface area (Å²) in [6.07, 6.45) is 1.57. The van der Waals surface area contributed by atoms with E-state index in [4.69, 9.17) is 0 Å². The zero-order valence-electron chi connectivity index (χ0n) is 20.2. The van der Waals surface area contributed by atoms with E-state index in [1.54, 1.807) is 12.1 Å². The Labute approximate surface area is 207 Å². The molecule has 0 aliphatic carbocycles. The average molecular weight is 499 g/mol. The van der Waals surface area contributed by atoms with E-state index in [0.717, 1.165) is 36.6 Å². The van der Waals surface area contributed by atoms with Crippen LogP contribution in [0, 0.1) is 5.82 Å². The van der Waals surface area contributed by atoms with E-state index in [1.165, 1.54) is 23.5 Å². The number of likely N-dealkylation sites (tertiary alicyclic amines) is 1. The number of hydrogen-bond acceptors (Lipinski definition) is 6. The van der Waals surface area contributed by atoms with Gasteiger partial charge in [-0.2, -0.15) is 0 Å². The Morgan fingerprint density at radius 2 is 1.97 bits per heavy atom. The van der Waals surface area contributed by atoms with Gasteiger partial charge < -0.3 is 20.5 Å². The van der Waals surface area contributed by atoms with Crippen LogP contribution in [-0.2, 0) is 13.0 Å². The summed E-state index contributed by atoms with van der Waals surface area (Å²) in [4.78, 5) is 39.5. The highest BCUT2D eigenvalue weighted by Crippen LogP contribution is 2.26. The maximum atomic E-state index is 13.5. The van der Waals surface area contributed by atoms with E-state index < -0.39 is 0 Å². The van der Waals surface area contributed by atoms with E-state index in [2.05, 4.69) is 44.2 Å². The fourth-order valence-corrected chi connectivity index (χ4v) is 5.93. The number of halogens is 1. The molecule has 2 atom stereocenters. The molecule has 0 bridgehead atoms. The van der Waals surface area contributed by atoms with Crippen molar-refractivity contribution in [3.8, 4) is 0 Å². The normalized spacial score (nSPS) is 21.3. The zero-order valence-corrected chi connectivity index (χ0v) is 21.0. The molecule has 1 saturated heterocycles. The Bertz CT molecular complexity index is 1250. The summed E-state index contributed by atoms with van der Waals surface area (Å²) in [5, 5.41) is 7.33. The minimum atomic E-state index is -0.345. The number of fused-ring (bicyclic) bond motifs is 2. The Kier molecular flexibility index (Phi) is 6.61. The monoisotopic (exact) mass is 498 g/mol. The van der Waals surface area contributed by atoms with Crippen molar-refractivity contribution in [2.24, 2.45) is 0 Å². The predicted octanol–water partition coefficient (Wildman–Crippen LogP) is 2.76. The fourth-order valence-electron chi connectivity index (χ4n) is 4.89. The Morgan fingerprint density at radius 3 is 2.77 bits per heavy atom. The van der Waals surface area contributed by atoms with E-state index in [1.807, 2.05) is 7.05 Å². The molecular formula is C25H31FN6O2S. The SMILES string of the molecule is CC(C)N1CCc2nc(C(=O)N[C@@H]3CN(C)CC[C@@H]3NC(=O)c3cc4cc(F)ccc4[nH]3)sc2C1. The average Bonchev–Trinajstić information content (AvgIpc) is 3.44. The van der Waals surface area contributed by atoms with E-state index in [9.17, 15) is 14.0 Å². The summed E-state index contributed by atoms with van der Waals surface area (Å²) in [6, 6.07) is 6.01. The summed E-state index contributed by atoms with van der Waals surface area (Å²) >= 11 is 1.47. The van der Waals surface area contributed by atoms with Gasteiger partial charge in [-0.05, 0) is 58.1 Å². The lowest BCUT2D eigenvalue weighted by molar-refractivity contribution is 0.0826. The molecule has 1 aromatic carbocycles. The van der Waals surface area contributed by atoms with Crippen molar-refractivity contribution in [1.82, 2.24) is 30.4 Å². The molecule has 186 valence electrons. The van der Waals surface area contributed by atoms with Crippen LogP contribution in [0.3, 0.4) is 0 Å². The molecule has 0 radical (unpaired) electrons. The lowest BCUT2D eigenvalue weighted by Gasteiger charge is -2.37. The zero-order chi connectivity index (χ0) is 24.7. The van der Waals surface area contributed by atoms with Gasteiger partial charge in [-0.25, -0.2) is 9.37 Å². The molecule has 1 fully saturated rings. The van der Waals surface area contributed by atoms with Crippen LogP contribution in [0.4, 0.5) is 4.39 Å². The minimum Gasteiger partial charge on any atom is -0.351 e. The molecule has 4 heterocycles. The van der Waals surface area contributed by atoms with Crippen molar-refractivity contribution in [2.75, 3.05) is 26.7 Å². The number of benzene rings is 1. The van der Waals surface area contributed by atoms with E-state index in [-0.39, 0.29) is 29.7 Å². The third-order valence-electron chi connectivity index (χ3n) is 6.96. The van der Waals surface area contributed by atoms with Gasteiger partial charge >= 0.3 is 0 Å². The van der Waals surface area contributed by atoms with Crippen molar-refractivity contribution in [2.45, 2.75) is 51.4 Å². The molecule has 3 aromatic rings. The summed E-state index contributed by atoms with van der Waals surface area (Å²) < 4.78 is 13.5. The molecule has 2 aliphatic heterocycles. The molecule has 3 N–H and O–H groups in total. The van der Waals surface area contributed by atoms with Crippen LogP contribution in [0.2, 0.25) is 0 Å². The number of H-pyrrole nitrogens is 1. The Morgan fingerprint density at radius 1 is 1.17 bits per heavy atom. The maximum absolute atomic E-state index is 13.5. The number of hydrogen-bond donors (Lipinski definition) is 3. The van der Waals surface area contributed by atoms with Crippen molar-refractivity contribution < 1.29 is 14.0 Å². The lowest BCUT2D eigenvalue weighted by atomic mass is 9.99. The number of rotatable bonds is 5. The largest absolute Gasteiger partial charge is 0.351 e. The number of aromatic nitrogens is 2. The van der Waals surface area contributed by atoms with Crippen molar-refractivity contribution in [1.29, 1.82) is 0 Å². The Hall–Kier alpha value is -2.82. The van der Waals surface area contributed by atoms with Crippen LogP contribution in [0.1, 0.15) is 51.1 Å². The minimum absolute atomic E-state index is 0.193. The fraction of sp³-hybridized carbons (Fsp3) is 0.480. The molecule has 8 nitrogen and oxygen atoms in total. The third kappa shape index (κ3) is 5.10. The number of thiazole rings is 1. The maximum Gasteiger partial charge on any atom is 0.280 e. The number of nitrogens with one attached hydrogen (secondary N) is 3. The molecule has 2 aliphatic rings. The summed E-state index contributed by atoms with van der Waals surface area (Å²) in [7, 11) is 2.01. The van der Waals surface area contributed by atoms with Crippen molar-refractivity contribution >= 4 is 34.1 Å². The molecule has 0 saturated carbocycles. The summed E-state index contributed by atoms with van der Waals surface area (Å²) in [5.41, 5.74) is 2.10. The lowest BCUT2D eigenvalue weighted by Crippen LogP contribution is -2.59. The molecule has 0 spiro atoms. The van der Waals surface area contributed by atoms with Crippen LogP contribution in [0.25, 0.3) is 10.9 Å². The number of carbonyl (C=O) groups excluding carboxylic acids is 2. The highest BCUT2D eigenvalue weighted by Gasteiger charge is 2.32. The number of nitrogens with zero attached hydrogens (tertiary/aromatic N) is 3. The Balaban J connectivity index is 1.28. The van der Waals surface area contributed by atoms with Gasteiger partial charge in [0.2, 0.25) is 0 Å². The highest BCUT2D eigenvalue weighted by molar-refractivity contribution is 7.13. The smallest absolute Gasteiger partial charge is 0.280 e. The van der Waals surface area contributed by atoms with Gasteiger partial charge in [0, 0.05) is 47.9 Å². The number of aromatic amines is 1. The van der Waals surface area contributed by atoms with Gasteiger partial charge in [0.1, 0.15) is 11.5 Å². The highest BCUT2D eigenvalue weighted by atomic mass is 32.1. The van der Waals surface area contributed by atoms with Gasteiger partial charge in [0.25, 0.3) is 11.8 Å². The van der Waals surface area contributed by atoms with Crippen molar-refractivity contribution in [3.63, 3.8) is 0 Å². The van der Waals surface area contributed by atoms with Gasteiger partial charge in [-0.3, -0.25) is 14.5 Å². The first kappa shape index (κ1) is 23.9. The number of carbonyl (C=O) groups is 2. The van der Waals surface area contributed by atoms with E-state index in [0.29, 0.717) is 40.6 Å². The third-order valence-corrected chi connectivity index (χ3v) is 8.04.